The van der Waals surface area contributed by atoms with Gasteiger partial charge in [0, 0.05) is 26.1 Å². The molecule has 0 spiro atoms. The first-order valence-electron chi connectivity index (χ1n) is 7.12. The zero-order valence-electron chi connectivity index (χ0n) is 13.0. The predicted octanol–water partition coefficient (Wildman–Crippen LogP) is 1.89. The Morgan fingerprint density at radius 1 is 1.28 bits per heavy atom. The van der Waals surface area contributed by atoms with Crippen molar-refractivity contribution < 1.29 is 27.5 Å². The molecule has 0 fully saturated rings. The smallest absolute Gasteiger partial charge is 0.404 e. The van der Waals surface area contributed by atoms with E-state index in [4.69, 9.17) is 0 Å². The Morgan fingerprint density at radius 2 is 2.00 bits per heavy atom. The number of carbonyl (C=O) groups is 2. The molecule has 2 rings (SSSR count). The van der Waals surface area contributed by atoms with Crippen LogP contribution in [0.15, 0.2) is 29.2 Å². The fourth-order valence-electron chi connectivity index (χ4n) is 2.09. The molecule has 2 amide bonds. The number of aromatic amines is 1. The quantitative estimate of drug-likeness (QED) is 0.761. The van der Waals surface area contributed by atoms with Gasteiger partial charge in [-0.15, -0.1) is 13.2 Å². The molecule has 0 radical (unpaired) electrons. The largest absolute Gasteiger partial charge is 0.573 e. The first kappa shape index (κ1) is 18.3. The second-order valence-electron chi connectivity index (χ2n) is 5.04. The maximum absolute atomic E-state index is 12.4. The van der Waals surface area contributed by atoms with Gasteiger partial charge in [-0.3, -0.25) is 14.4 Å². The zero-order valence-corrected chi connectivity index (χ0v) is 13.0. The summed E-state index contributed by atoms with van der Waals surface area (Å²) < 4.78 is 41.1. The van der Waals surface area contributed by atoms with Gasteiger partial charge in [0.05, 0.1) is 10.9 Å². The number of rotatable bonds is 5. The van der Waals surface area contributed by atoms with Crippen LogP contribution in [0.5, 0.6) is 5.75 Å². The van der Waals surface area contributed by atoms with E-state index in [1.807, 2.05) is 0 Å². The van der Waals surface area contributed by atoms with E-state index in [2.05, 4.69) is 20.4 Å². The average Bonchev–Trinajstić information content (AvgIpc) is 2.49. The van der Waals surface area contributed by atoms with Crippen LogP contribution in [-0.4, -0.2) is 29.7 Å². The normalized spacial score (nSPS) is 11.2. The number of amides is 2. The van der Waals surface area contributed by atoms with E-state index in [1.54, 1.807) is 0 Å². The van der Waals surface area contributed by atoms with E-state index in [0.29, 0.717) is 0 Å². The summed E-state index contributed by atoms with van der Waals surface area (Å²) in [4.78, 5) is 37.3. The first-order chi connectivity index (χ1) is 11.7. The molecular formula is C15H14F3N3O4. The van der Waals surface area contributed by atoms with Gasteiger partial charge >= 0.3 is 6.36 Å². The fraction of sp³-hybridized carbons (Fsp3) is 0.267. The lowest BCUT2D eigenvalue weighted by atomic mass is 10.2. The third-order valence-corrected chi connectivity index (χ3v) is 3.10. The molecule has 0 aliphatic carbocycles. The molecule has 1 aromatic carbocycles. The van der Waals surface area contributed by atoms with Crippen LogP contribution in [0.25, 0.3) is 10.9 Å². The van der Waals surface area contributed by atoms with Crippen molar-refractivity contribution in [1.29, 1.82) is 0 Å². The Morgan fingerprint density at radius 3 is 2.64 bits per heavy atom. The van der Waals surface area contributed by atoms with Crippen molar-refractivity contribution in [3.05, 3.63) is 34.6 Å². The second-order valence-corrected chi connectivity index (χ2v) is 5.04. The van der Waals surface area contributed by atoms with E-state index >= 15 is 0 Å². The zero-order chi connectivity index (χ0) is 18.6. The molecule has 0 bridgehead atoms. The molecule has 0 aliphatic rings. The molecule has 3 N–H and O–H groups in total. The van der Waals surface area contributed by atoms with Crippen molar-refractivity contribution >= 4 is 28.4 Å². The van der Waals surface area contributed by atoms with Gasteiger partial charge in [0.15, 0.2) is 5.75 Å². The minimum Gasteiger partial charge on any atom is -0.404 e. The number of hydrogen-bond donors (Lipinski definition) is 3. The number of fused-ring (bicyclic) bond motifs is 1. The van der Waals surface area contributed by atoms with E-state index in [0.717, 1.165) is 12.3 Å². The molecule has 2 aromatic rings. The van der Waals surface area contributed by atoms with Crippen LogP contribution in [0.3, 0.4) is 0 Å². The maximum atomic E-state index is 12.4. The standard InChI is InChI=1S/C15H14F3N3O4/c1-8(22)19-6-5-12(23)21-10-7-20-13-9(14(10)24)3-2-4-11(13)25-15(16,17)18/h2-4,7H,5-6H2,1H3,(H,19,22)(H,20,24)(H,21,23). The number of aromatic nitrogens is 1. The van der Waals surface area contributed by atoms with Gasteiger partial charge in [-0.05, 0) is 12.1 Å². The molecule has 7 nitrogen and oxygen atoms in total. The number of carbonyl (C=O) groups excluding carboxylic acids is 2. The molecule has 0 atom stereocenters. The lowest BCUT2D eigenvalue weighted by Gasteiger charge is -2.12. The summed E-state index contributed by atoms with van der Waals surface area (Å²) in [5, 5.41) is 4.71. The van der Waals surface area contributed by atoms with E-state index in [-0.39, 0.29) is 35.5 Å². The van der Waals surface area contributed by atoms with Gasteiger partial charge in [-0.2, -0.15) is 0 Å². The van der Waals surface area contributed by atoms with Gasteiger partial charge in [-0.25, -0.2) is 0 Å². The molecule has 0 saturated carbocycles. The highest BCUT2D eigenvalue weighted by Gasteiger charge is 2.32. The monoisotopic (exact) mass is 357 g/mol. The van der Waals surface area contributed by atoms with Crippen molar-refractivity contribution in [2.24, 2.45) is 0 Å². The second kappa shape index (κ2) is 7.24. The van der Waals surface area contributed by atoms with E-state index < -0.39 is 23.4 Å². The van der Waals surface area contributed by atoms with Gasteiger partial charge in [0.1, 0.15) is 5.69 Å². The number of hydrogen-bond acceptors (Lipinski definition) is 4. The van der Waals surface area contributed by atoms with Crippen LogP contribution in [0.4, 0.5) is 18.9 Å². The molecule has 0 saturated heterocycles. The summed E-state index contributed by atoms with van der Waals surface area (Å²) in [7, 11) is 0. The highest BCUT2D eigenvalue weighted by atomic mass is 19.4. The van der Waals surface area contributed by atoms with Crippen LogP contribution < -0.4 is 20.8 Å². The molecule has 0 unspecified atom stereocenters. The molecule has 134 valence electrons. The molecule has 0 aliphatic heterocycles. The minimum atomic E-state index is -4.90. The Labute approximate surface area is 139 Å². The van der Waals surface area contributed by atoms with Crippen molar-refractivity contribution in [3.8, 4) is 5.75 Å². The molecule has 1 heterocycles. The van der Waals surface area contributed by atoms with Crippen molar-refractivity contribution in [2.45, 2.75) is 19.7 Å². The van der Waals surface area contributed by atoms with Gasteiger partial charge in [0.25, 0.3) is 0 Å². The van der Waals surface area contributed by atoms with Crippen LogP contribution in [0.2, 0.25) is 0 Å². The summed E-state index contributed by atoms with van der Waals surface area (Å²) in [6.07, 6.45) is -3.87. The number of para-hydroxylation sites is 1. The van der Waals surface area contributed by atoms with Gasteiger partial charge < -0.3 is 20.4 Å². The van der Waals surface area contributed by atoms with E-state index in [1.165, 1.54) is 19.1 Å². The predicted molar refractivity (Wildman–Crippen MR) is 83.2 cm³/mol. The molecule has 10 heteroatoms. The molecule has 1 aromatic heterocycles. The number of halogens is 3. The van der Waals surface area contributed by atoms with Gasteiger partial charge in [-0.1, -0.05) is 6.07 Å². The number of pyridine rings is 1. The van der Waals surface area contributed by atoms with Crippen LogP contribution in [-0.2, 0) is 9.59 Å². The fourth-order valence-corrected chi connectivity index (χ4v) is 2.09. The Kier molecular flexibility index (Phi) is 5.30. The van der Waals surface area contributed by atoms with Crippen LogP contribution in [0.1, 0.15) is 13.3 Å². The lowest BCUT2D eigenvalue weighted by molar-refractivity contribution is -0.274. The summed E-state index contributed by atoms with van der Waals surface area (Å²) in [6, 6.07) is 3.61. The van der Waals surface area contributed by atoms with Crippen molar-refractivity contribution in [2.75, 3.05) is 11.9 Å². The number of benzene rings is 1. The number of ether oxygens (including phenoxy) is 1. The van der Waals surface area contributed by atoms with E-state index in [9.17, 15) is 27.6 Å². The first-order valence-corrected chi connectivity index (χ1v) is 7.12. The Hall–Kier alpha value is -3.04. The Bertz CT molecular complexity index is 861. The lowest BCUT2D eigenvalue weighted by Crippen LogP contribution is -2.26. The number of H-pyrrole nitrogens is 1. The summed E-state index contributed by atoms with van der Waals surface area (Å²) >= 11 is 0. The van der Waals surface area contributed by atoms with Crippen LogP contribution >= 0.6 is 0 Å². The highest BCUT2D eigenvalue weighted by Crippen LogP contribution is 2.28. The average molecular weight is 357 g/mol. The Balaban J connectivity index is 2.24. The maximum Gasteiger partial charge on any atom is 0.573 e. The van der Waals surface area contributed by atoms with Crippen LogP contribution in [0, 0.1) is 0 Å². The summed E-state index contributed by atoms with van der Waals surface area (Å²) in [6.45, 7) is 1.39. The third kappa shape index (κ3) is 4.96. The van der Waals surface area contributed by atoms with Gasteiger partial charge in [0.2, 0.25) is 17.2 Å². The summed E-state index contributed by atoms with van der Waals surface area (Å²) in [5.74, 6) is -1.37. The number of anilines is 1. The van der Waals surface area contributed by atoms with Crippen molar-refractivity contribution in [3.63, 3.8) is 0 Å². The SMILES string of the molecule is CC(=O)NCCC(=O)Nc1c[nH]c2c(OC(F)(F)F)cccc2c1=O. The van der Waals surface area contributed by atoms with Crippen molar-refractivity contribution in [1.82, 2.24) is 10.3 Å². The molecule has 25 heavy (non-hydrogen) atoms. The third-order valence-electron chi connectivity index (χ3n) is 3.10. The minimum absolute atomic E-state index is 0.0612. The number of alkyl halides is 3. The topological polar surface area (TPSA) is 100 Å². The highest BCUT2D eigenvalue weighted by molar-refractivity contribution is 5.94. The summed E-state index contributed by atoms with van der Waals surface area (Å²) in [5.41, 5.74) is -0.917. The number of nitrogens with one attached hydrogen (secondary N) is 3. The molecular weight excluding hydrogens is 343 g/mol.